The van der Waals surface area contributed by atoms with Crippen molar-refractivity contribution in [1.29, 1.82) is 0 Å². The highest BCUT2D eigenvalue weighted by atomic mass is 32.1. The van der Waals surface area contributed by atoms with Gasteiger partial charge in [-0.3, -0.25) is 10.1 Å². The third kappa shape index (κ3) is 4.03. The van der Waals surface area contributed by atoms with Gasteiger partial charge in [0.15, 0.2) is 11.7 Å². The fourth-order valence-corrected chi connectivity index (χ4v) is 3.19. The Balaban J connectivity index is 1.55. The Morgan fingerprint density at radius 2 is 1.96 bits per heavy atom. The molecule has 24 heavy (non-hydrogen) atoms. The average molecular weight is 362 g/mol. The number of rotatable bonds is 5. The molecule has 5 nitrogen and oxygen atoms in total. The van der Waals surface area contributed by atoms with Gasteiger partial charge in [0.05, 0.1) is 5.69 Å². The van der Waals surface area contributed by atoms with Gasteiger partial charge in [0.2, 0.25) is 0 Å². The summed E-state index contributed by atoms with van der Waals surface area (Å²) in [7, 11) is 0. The van der Waals surface area contributed by atoms with E-state index in [1.54, 1.807) is 35.0 Å². The van der Waals surface area contributed by atoms with Crippen LogP contribution in [0.25, 0.3) is 11.3 Å². The van der Waals surface area contributed by atoms with Crippen LogP contribution < -0.4 is 5.32 Å². The number of hydrogen-bond acceptors (Lipinski definition) is 6. The summed E-state index contributed by atoms with van der Waals surface area (Å²) in [5, 5.41) is 6.45. The van der Waals surface area contributed by atoms with Crippen LogP contribution in [-0.4, -0.2) is 23.5 Å². The van der Waals surface area contributed by atoms with E-state index in [0.717, 1.165) is 5.56 Å². The number of esters is 1. The Labute approximate surface area is 144 Å². The van der Waals surface area contributed by atoms with Gasteiger partial charge < -0.3 is 4.74 Å². The lowest BCUT2D eigenvalue weighted by molar-refractivity contribution is -0.119. The van der Waals surface area contributed by atoms with Crippen molar-refractivity contribution in [3.63, 3.8) is 0 Å². The molecule has 3 rings (SSSR count). The third-order valence-electron chi connectivity index (χ3n) is 2.95. The number of ether oxygens (including phenoxy) is 1. The van der Waals surface area contributed by atoms with E-state index < -0.39 is 11.9 Å². The number of aromatic nitrogens is 1. The Hall–Kier alpha value is -2.58. The number of halogens is 1. The maximum Gasteiger partial charge on any atom is 0.348 e. The van der Waals surface area contributed by atoms with E-state index in [4.69, 9.17) is 4.74 Å². The second kappa shape index (κ2) is 7.33. The highest BCUT2D eigenvalue weighted by Gasteiger charge is 2.12. The van der Waals surface area contributed by atoms with Crippen molar-refractivity contribution in [2.45, 2.75) is 0 Å². The number of amides is 1. The fraction of sp³-hybridized carbons (Fsp3) is 0.0625. The van der Waals surface area contributed by atoms with Crippen molar-refractivity contribution in [1.82, 2.24) is 4.98 Å². The molecule has 0 atom stereocenters. The normalized spacial score (nSPS) is 10.4. The van der Waals surface area contributed by atoms with Crippen molar-refractivity contribution in [3.8, 4) is 11.3 Å². The summed E-state index contributed by atoms with van der Waals surface area (Å²) < 4.78 is 17.8. The molecule has 0 saturated carbocycles. The number of nitrogens with zero attached hydrogens (tertiary/aromatic N) is 1. The summed E-state index contributed by atoms with van der Waals surface area (Å²) >= 11 is 2.48. The number of anilines is 1. The quantitative estimate of drug-likeness (QED) is 0.701. The third-order valence-corrected chi connectivity index (χ3v) is 4.55. The smallest absolute Gasteiger partial charge is 0.348 e. The molecular weight excluding hydrogens is 351 g/mol. The van der Waals surface area contributed by atoms with Crippen LogP contribution >= 0.6 is 22.7 Å². The molecule has 2 aromatic heterocycles. The lowest BCUT2D eigenvalue weighted by Crippen LogP contribution is -2.20. The van der Waals surface area contributed by atoms with Gasteiger partial charge in [-0.1, -0.05) is 6.07 Å². The van der Waals surface area contributed by atoms with Crippen molar-refractivity contribution in [2.24, 2.45) is 0 Å². The minimum Gasteiger partial charge on any atom is -0.451 e. The molecule has 0 spiro atoms. The van der Waals surface area contributed by atoms with E-state index in [1.807, 2.05) is 0 Å². The zero-order chi connectivity index (χ0) is 16.9. The molecule has 1 aromatic carbocycles. The van der Waals surface area contributed by atoms with Crippen LogP contribution in [0, 0.1) is 5.82 Å². The molecule has 8 heteroatoms. The molecule has 0 fully saturated rings. The largest absolute Gasteiger partial charge is 0.451 e. The van der Waals surface area contributed by atoms with E-state index in [2.05, 4.69) is 10.3 Å². The van der Waals surface area contributed by atoms with Gasteiger partial charge in [-0.2, -0.15) is 0 Å². The second-order valence-electron chi connectivity index (χ2n) is 4.65. The SMILES string of the molecule is O=C(COC(=O)c1cccs1)Nc1nc(-c2ccc(F)cc2)cs1. The van der Waals surface area contributed by atoms with Gasteiger partial charge in [0, 0.05) is 10.9 Å². The first kappa shape index (κ1) is 16.3. The van der Waals surface area contributed by atoms with Gasteiger partial charge >= 0.3 is 5.97 Å². The summed E-state index contributed by atoms with van der Waals surface area (Å²) in [5.41, 5.74) is 1.38. The molecule has 0 bridgehead atoms. The predicted octanol–water partition coefficient (Wildman–Crippen LogP) is 3.81. The molecule has 0 aliphatic carbocycles. The first-order valence-electron chi connectivity index (χ1n) is 6.84. The fourth-order valence-electron chi connectivity index (χ4n) is 1.84. The van der Waals surface area contributed by atoms with Crippen LogP contribution in [0.2, 0.25) is 0 Å². The molecule has 122 valence electrons. The van der Waals surface area contributed by atoms with Crippen molar-refractivity contribution >= 4 is 39.7 Å². The van der Waals surface area contributed by atoms with Crippen LogP contribution in [0.4, 0.5) is 9.52 Å². The molecule has 0 aliphatic heterocycles. The topological polar surface area (TPSA) is 68.3 Å². The highest BCUT2D eigenvalue weighted by molar-refractivity contribution is 7.14. The average Bonchev–Trinajstić information content (AvgIpc) is 3.25. The number of thiophene rings is 1. The summed E-state index contributed by atoms with van der Waals surface area (Å²) in [6.07, 6.45) is 0. The van der Waals surface area contributed by atoms with E-state index in [-0.39, 0.29) is 12.4 Å². The molecule has 1 N–H and O–H groups in total. The second-order valence-corrected chi connectivity index (χ2v) is 6.45. The molecule has 2 heterocycles. The van der Waals surface area contributed by atoms with E-state index in [0.29, 0.717) is 15.7 Å². The minimum absolute atomic E-state index is 0.324. The predicted molar refractivity (Wildman–Crippen MR) is 90.7 cm³/mol. The summed E-state index contributed by atoms with van der Waals surface area (Å²) in [6, 6.07) is 9.26. The number of nitrogens with one attached hydrogen (secondary N) is 1. The number of benzene rings is 1. The number of thiazole rings is 1. The van der Waals surface area contributed by atoms with Gasteiger partial charge in [0.1, 0.15) is 10.7 Å². The monoisotopic (exact) mass is 362 g/mol. The Morgan fingerprint density at radius 1 is 1.17 bits per heavy atom. The van der Waals surface area contributed by atoms with E-state index >= 15 is 0 Å². The number of hydrogen-bond donors (Lipinski definition) is 1. The van der Waals surface area contributed by atoms with E-state index in [1.165, 1.54) is 34.8 Å². The zero-order valence-electron chi connectivity index (χ0n) is 12.2. The number of carbonyl (C=O) groups is 2. The van der Waals surface area contributed by atoms with E-state index in [9.17, 15) is 14.0 Å². The molecule has 0 unspecified atom stereocenters. The lowest BCUT2D eigenvalue weighted by Gasteiger charge is -2.03. The van der Waals surface area contributed by atoms with Gasteiger partial charge in [-0.05, 0) is 35.7 Å². The molecule has 0 saturated heterocycles. The lowest BCUT2D eigenvalue weighted by atomic mass is 10.2. The summed E-state index contributed by atoms with van der Waals surface area (Å²) in [6.45, 7) is -0.387. The molecule has 3 aromatic rings. The summed E-state index contributed by atoms with van der Waals surface area (Å²) in [4.78, 5) is 28.1. The maximum atomic E-state index is 12.9. The standard InChI is InChI=1S/C16H11FN2O3S2/c17-11-5-3-10(4-6-11)12-9-24-16(18-12)19-14(20)8-22-15(21)13-2-1-7-23-13/h1-7,9H,8H2,(H,18,19,20). The molecule has 0 aliphatic rings. The first-order valence-corrected chi connectivity index (χ1v) is 8.60. The minimum atomic E-state index is -0.536. The number of carbonyl (C=O) groups excluding carboxylic acids is 2. The molecule has 1 amide bonds. The summed E-state index contributed by atoms with van der Waals surface area (Å²) in [5.74, 6) is -1.33. The van der Waals surface area contributed by atoms with Crippen LogP contribution in [-0.2, 0) is 9.53 Å². The Morgan fingerprint density at radius 3 is 2.67 bits per heavy atom. The Bertz CT molecular complexity index is 845. The Kier molecular flexibility index (Phi) is 4.97. The van der Waals surface area contributed by atoms with Gasteiger partial charge in [-0.15, -0.1) is 22.7 Å². The van der Waals surface area contributed by atoms with Crippen molar-refractivity contribution in [3.05, 3.63) is 57.9 Å². The highest BCUT2D eigenvalue weighted by Crippen LogP contribution is 2.25. The molecule has 0 radical (unpaired) electrons. The van der Waals surface area contributed by atoms with Crippen LogP contribution in [0.1, 0.15) is 9.67 Å². The first-order chi connectivity index (χ1) is 11.6. The van der Waals surface area contributed by atoms with Gasteiger partial charge in [-0.25, -0.2) is 14.2 Å². The van der Waals surface area contributed by atoms with Crippen molar-refractivity contribution in [2.75, 3.05) is 11.9 Å². The van der Waals surface area contributed by atoms with Crippen LogP contribution in [0.3, 0.4) is 0 Å². The maximum absolute atomic E-state index is 12.9. The zero-order valence-corrected chi connectivity index (χ0v) is 13.8. The van der Waals surface area contributed by atoms with Gasteiger partial charge in [0.25, 0.3) is 5.91 Å². The van der Waals surface area contributed by atoms with Crippen molar-refractivity contribution < 1.29 is 18.7 Å². The molecular formula is C16H11FN2O3S2. The van der Waals surface area contributed by atoms with Crippen LogP contribution in [0.15, 0.2) is 47.2 Å². The van der Waals surface area contributed by atoms with Crippen LogP contribution in [0.5, 0.6) is 0 Å².